The number of aryl methyl sites for hydroxylation is 1. The molecule has 1 amide bonds. The molecule has 0 aliphatic carbocycles. The van der Waals surface area contributed by atoms with Gasteiger partial charge in [0.2, 0.25) is 0 Å². The molecule has 0 saturated heterocycles. The van der Waals surface area contributed by atoms with Crippen molar-refractivity contribution < 1.29 is 4.79 Å². The van der Waals surface area contributed by atoms with Crippen molar-refractivity contribution in [2.24, 2.45) is 0 Å². The van der Waals surface area contributed by atoms with E-state index >= 15 is 0 Å². The number of benzene rings is 2. The Balaban J connectivity index is 1.63. The number of fused-ring (bicyclic) bond motifs is 1. The third kappa shape index (κ3) is 4.11. The standard InChI is InChI=1S/C22H18Cl2N4O/c1-14-27-20-9-8-15(22(29)26-12-16-5-2-3-10-25-16)11-21(20)28(14)13-17-18(23)6-4-7-19(17)24/h2-11H,12-13H2,1H3,(H,26,29). The molecule has 0 fully saturated rings. The van der Waals surface area contributed by atoms with Gasteiger partial charge in [-0.25, -0.2) is 4.98 Å². The van der Waals surface area contributed by atoms with Crippen LogP contribution in [-0.4, -0.2) is 20.4 Å². The first-order chi connectivity index (χ1) is 14.0. The van der Waals surface area contributed by atoms with Gasteiger partial charge in [0.25, 0.3) is 5.91 Å². The van der Waals surface area contributed by atoms with Gasteiger partial charge in [0, 0.05) is 27.4 Å². The SMILES string of the molecule is Cc1nc2ccc(C(=O)NCc3ccccn3)cc2n1Cc1c(Cl)cccc1Cl. The first kappa shape index (κ1) is 19.4. The Hall–Kier alpha value is -2.89. The second-order valence-electron chi connectivity index (χ2n) is 6.65. The van der Waals surface area contributed by atoms with Crippen LogP contribution >= 0.6 is 23.2 Å². The summed E-state index contributed by atoms with van der Waals surface area (Å²) < 4.78 is 2.01. The summed E-state index contributed by atoms with van der Waals surface area (Å²) in [5.41, 5.74) is 3.84. The van der Waals surface area contributed by atoms with Gasteiger partial charge in [0.05, 0.1) is 29.8 Å². The molecule has 4 aromatic rings. The van der Waals surface area contributed by atoms with E-state index in [0.29, 0.717) is 28.7 Å². The van der Waals surface area contributed by atoms with E-state index in [-0.39, 0.29) is 5.91 Å². The zero-order chi connectivity index (χ0) is 20.4. The molecule has 5 nitrogen and oxygen atoms in total. The number of halogens is 2. The quantitative estimate of drug-likeness (QED) is 0.488. The molecule has 0 spiro atoms. The van der Waals surface area contributed by atoms with E-state index in [1.165, 1.54) is 0 Å². The van der Waals surface area contributed by atoms with Gasteiger partial charge in [-0.1, -0.05) is 35.3 Å². The molecule has 0 unspecified atom stereocenters. The van der Waals surface area contributed by atoms with E-state index in [0.717, 1.165) is 28.1 Å². The number of carbonyl (C=O) groups is 1. The lowest BCUT2D eigenvalue weighted by atomic mass is 10.1. The number of hydrogen-bond donors (Lipinski definition) is 1. The van der Waals surface area contributed by atoms with Gasteiger partial charge in [0.15, 0.2) is 0 Å². The molecule has 0 radical (unpaired) electrons. The highest BCUT2D eigenvalue weighted by atomic mass is 35.5. The van der Waals surface area contributed by atoms with Crippen molar-refractivity contribution in [3.05, 3.63) is 93.5 Å². The van der Waals surface area contributed by atoms with Gasteiger partial charge in [-0.3, -0.25) is 9.78 Å². The molecular weight excluding hydrogens is 407 g/mol. The zero-order valence-electron chi connectivity index (χ0n) is 15.7. The van der Waals surface area contributed by atoms with Crippen LogP contribution in [0.5, 0.6) is 0 Å². The van der Waals surface area contributed by atoms with Gasteiger partial charge < -0.3 is 9.88 Å². The molecule has 2 aromatic heterocycles. The highest BCUT2D eigenvalue weighted by molar-refractivity contribution is 6.36. The topological polar surface area (TPSA) is 59.8 Å². The van der Waals surface area contributed by atoms with Crippen LogP contribution < -0.4 is 5.32 Å². The van der Waals surface area contributed by atoms with Crippen LogP contribution in [0.15, 0.2) is 60.8 Å². The summed E-state index contributed by atoms with van der Waals surface area (Å²) in [4.78, 5) is 21.5. The fraction of sp³-hybridized carbons (Fsp3) is 0.136. The van der Waals surface area contributed by atoms with Crippen LogP contribution in [0, 0.1) is 6.92 Å². The Kier molecular flexibility index (Phi) is 5.51. The Bertz CT molecular complexity index is 1170. The van der Waals surface area contributed by atoms with Crippen LogP contribution in [0.1, 0.15) is 27.4 Å². The van der Waals surface area contributed by atoms with Crippen LogP contribution in [0.3, 0.4) is 0 Å². The van der Waals surface area contributed by atoms with Crippen LogP contribution in [0.4, 0.5) is 0 Å². The lowest BCUT2D eigenvalue weighted by Crippen LogP contribution is -2.23. The lowest BCUT2D eigenvalue weighted by Gasteiger charge is -2.11. The number of nitrogens with zero attached hydrogens (tertiary/aromatic N) is 3. The van der Waals surface area contributed by atoms with Crippen molar-refractivity contribution in [2.75, 3.05) is 0 Å². The summed E-state index contributed by atoms with van der Waals surface area (Å²) in [6.07, 6.45) is 1.70. The van der Waals surface area contributed by atoms with E-state index < -0.39 is 0 Å². The third-order valence-corrected chi connectivity index (χ3v) is 5.44. The molecule has 7 heteroatoms. The van der Waals surface area contributed by atoms with Crippen LogP contribution in [0.25, 0.3) is 11.0 Å². The first-order valence-electron chi connectivity index (χ1n) is 9.11. The summed E-state index contributed by atoms with van der Waals surface area (Å²) in [6, 6.07) is 16.5. The third-order valence-electron chi connectivity index (χ3n) is 4.74. The molecule has 2 heterocycles. The van der Waals surface area contributed by atoms with Crippen molar-refractivity contribution in [3.63, 3.8) is 0 Å². The monoisotopic (exact) mass is 424 g/mol. The van der Waals surface area contributed by atoms with Gasteiger partial charge in [-0.2, -0.15) is 0 Å². The molecule has 0 atom stereocenters. The van der Waals surface area contributed by atoms with Crippen molar-refractivity contribution >= 4 is 40.1 Å². The highest BCUT2D eigenvalue weighted by Crippen LogP contribution is 2.27. The zero-order valence-corrected chi connectivity index (χ0v) is 17.2. The van der Waals surface area contributed by atoms with Crippen molar-refractivity contribution in [1.29, 1.82) is 0 Å². The maximum absolute atomic E-state index is 12.6. The first-order valence-corrected chi connectivity index (χ1v) is 9.86. The van der Waals surface area contributed by atoms with E-state index in [9.17, 15) is 4.79 Å². The molecule has 29 heavy (non-hydrogen) atoms. The average Bonchev–Trinajstić information content (AvgIpc) is 3.04. The number of aromatic nitrogens is 3. The minimum atomic E-state index is -0.168. The maximum atomic E-state index is 12.6. The number of rotatable bonds is 5. The summed E-state index contributed by atoms with van der Waals surface area (Å²) in [5, 5.41) is 4.10. The van der Waals surface area contributed by atoms with Gasteiger partial charge in [0.1, 0.15) is 5.82 Å². The fourth-order valence-corrected chi connectivity index (χ4v) is 3.72. The molecule has 4 rings (SSSR count). The molecule has 146 valence electrons. The van der Waals surface area contributed by atoms with Crippen molar-refractivity contribution in [3.8, 4) is 0 Å². The molecule has 1 N–H and O–H groups in total. The number of carbonyl (C=O) groups excluding carboxylic acids is 1. The van der Waals surface area contributed by atoms with Crippen molar-refractivity contribution in [2.45, 2.75) is 20.0 Å². The Morgan fingerprint density at radius 1 is 1.07 bits per heavy atom. The highest BCUT2D eigenvalue weighted by Gasteiger charge is 2.14. The normalized spacial score (nSPS) is 11.0. The molecule has 0 saturated carbocycles. The number of hydrogen-bond acceptors (Lipinski definition) is 3. The summed E-state index contributed by atoms with van der Waals surface area (Å²) in [5.74, 6) is 0.653. The summed E-state index contributed by atoms with van der Waals surface area (Å²) >= 11 is 12.7. The van der Waals surface area contributed by atoms with Crippen LogP contribution in [0.2, 0.25) is 10.0 Å². The predicted molar refractivity (Wildman–Crippen MR) is 115 cm³/mol. The van der Waals surface area contributed by atoms with E-state index in [2.05, 4.69) is 15.3 Å². The van der Waals surface area contributed by atoms with E-state index in [4.69, 9.17) is 23.2 Å². The van der Waals surface area contributed by atoms with Gasteiger partial charge in [-0.15, -0.1) is 0 Å². The van der Waals surface area contributed by atoms with Gasteiger partial charge in [-0.05, 0) is 49.4 Å². The molecule has 0 aliphatic heterocycles. The van der Waals surface area contributed by atoms with Gasteiger partial charge >= 0.3 is 0 Å². The second-order valence-corrected chi connectivity index (χ2v) is 7.47. The van der Waals surface area contributed by atoms with E-state index in [1.807, 2.05) is 60.0 Å². The number of amides is 1. The predicted octanol–water partition coefficient (Wildman–Crippen LogP) is 5.02. The molecule has 2 aromatic carbocycles. The van der Waals surface area contributed by atoms with Crippen LogP contribution in [-0.2, 0) is 13.1 Å². The fourth-order valence-electron chi connectivity index (χ4n) is 3.20. The number of pyridine rings is 1. The van der Waals surface area contributed by atoms with Crippen molar-refractivity contribution in [1.82, 2.24) is 19.9 Å². The Labute approximate surface area is 178 Å². The summed E-state index contributed by atoms with van der Waals surface area (Å²) in [6.45, 7) is 2.76. The number of imidazole rings is 1. The van der Waals surface area contributed by atoms with E-state index in [1.54, 1.807) is 12.3 Å². The molecule has 0 bridgehead atoms. The Morgan fingerprint density at radius 2 is 1.86 bits per heavy atom. The number of nitrogens with one attached hydrogen (secondary N) is 1. The molecular formula is C22H18Cl2N4O. The smallest absolute Gasteiger partial charge is 0.251 e. The lowest BCUT2D eigenvalue weighted by molar-refractivity contribution is 0.0950. The average molecular weight is 425 g/mol. The minimum Gasteiger partial charge on any atom is -0.346 e. The molecule has 0 aliphatic rings. The maximum Gasteiger partial charge on any atom is 0.251 e. The summed E-state index contributed by atoms with van der Waals surface area (Å²) in [7, 11) is 0. The Morgan fingerprint density at radius 3 is 2.59 bits per heavy atom. The largest absolute Gasteiger partial charge is 0.346 e. The minimum absolute atomic E-state index is 0.168. The second kappa shape index (κ2) is 8.23.